The Hall–Kier alpha value is -1.05. The average molecular weight is 220 g/mol. The molecule has 0 N–H and O–H groups in total. The molecule has 0 spiro atoms. The van der Waals surface area contributed by atoms with E-state index in [0.717, 1.165) is 17.1 Å². The van der Waals surface area contributed by atoms with Crippen molar-refractivity contribution in [1.29, 1.82) is 0 Å². The number of rotatable bonds is 3. The van der Waals surface area contributed by atoms with E-state index in [1.54, 1.807) is 0 Å². The van der Waals surface area contributed by atoms with Crippen LogP contribution in [0.4, 0.5) is 0 Å². The maximum atomic E-state index is 12.1. The Labute approximate surface area is 97.0 Å². The Balaban J connectivity index is 1.99. The highest BCUT2D eigenvalue weighted by atomic mass is 16.3. The van der Waals surface area contributed by atoms with Crippen molar-refractivity contribution in [2.45, 2.75) is 52.4 Å². The average Bonchev–Trinajstić information content (AvgIpc) is 2.59. The SMILES string of the molecule is Cc1cc(C(=O)CC2CCCCC2)c(C)o1. The van der Waals surface area contributed by atoms with E-state index in [9.17, 15) is 4.79 Å². The van der Waals surface area contributed by atoms with Crippen molar-refractivity contribution in [3.8, 4) is 0 Å². The highest BCUT2D eigenvalue weighted by Crippen LogP contribution is 2.28. The van der Waals surface area contributed by atoms with Gasteiger partial charge in [-0.15, -0.1) is 0 Å². The van der Waals surface area contributed by atoms with Crippen molar-refractivity contribution >= 4 is 5.78 Å². The summed E-state index contributed by atoms with van der Waals surface area (Å²) in [5.41, 5.74) is 0.795. The van der Waals surface area contributed by atoms with Crippen molar-refractivity contribution in [1.82, 2.24) is 0 Å². The zero-order chi connectivity index (χ0) is 11.5. The minimum atomic E-state index is 0.265. The van der Waals surface area contributed by atoms with E-state index in [1.165, 1.54) is 32.1 Å². The lowest BCUT2D eigenvalue weighted by atomic mass is 9.85. The Morgan fingerprint density at radius 3 is 2.56 bits per heavy atom. The monoisotopic (exact) mass is 220 g/mol. The fraction of sp³-hybridized carbons (Fsp3) is 0.643. The van der Waals surface area contributed by atoms with Gasteiger partial charge in [0.2, 0.25) is 0 Å². The van der Waals surface area contributed by atoms with Gasteiger partial charge in [0.05, 0.1) is 5.56 Å². The molecule has 0 unspecified atom stereocenters. The van der Waals surface area contributed by atoms with E-state index < -0.39 is 0 Å². The van der Waals surface area contributed by atoms with Crippen LogP contribution in [0.2, 0.25) is 0 Å². The Morgan fingerprint density at radius 1 is 1.31 bits per heavy atom. The molecule has 1 aliphatic carbocycles. The number of carbonyl (C=O) groups is 1. The smallest absolute Gasteiger partial charge is 0.166 e. The molecule has 0 amide bonds. The quantitative estimate of drug-likeness (QED) is 0.719. The summed E-state index contributed by atoms with van der Waals surface area (Å²) in [6.07, 6.45) is 7.08. The molecule has 2 rings (SSSR count). The summed E-state index contributed by atoms with van der Waals surface area (Å²) in [7, 11) is 0. The number of Topliss-reactive ketones (excluding diaryl/α,β-unsaturated/α-hetero) is 1. The molecule has 0 saturated heterocycles. The Bertz CT molecular complexity index is 370. The topological polar surface area (TPSA) is 30.2 Å². The standard InChI is InChI=1S/C14H20O2/c1-10-8-13(11(2)16-10)14(15)9-12-6-4-3-5-7-12/h8,12H,3-7,9H2,1-2H3. The van der Waals surface area contributed by atoms with E-state index in [-0.39, 0.29) is 5.78 Å². The van der Waals surface area contributed by atoms with E-state index in [2.05, 4.69) is 0 Å². The third-order valence-electron chi connectivity index (χ3n) is 3.54. The van der Waals surface area contributed by atoms with Crippen molar-refractivity contribution in [3.63, 3.8) is 0 Å². The first-order chi connectivity index (χ1) is 7.66. The normalized spacial score (nSPS) is 17.6. The molecule has 88 valence electrons. The predicted octanol–water partition coefficient (Wildman–Crippen LogP) is 4.05. The maximum absolute atomic E-state index is 12.1. The van der Waals surface area contributed by atoms with Crippen LogP contribution in [-0.2, 0) is 0 Å². The van der Waals surface area contributed by atoms with E-state index in [1.807, 2.05) is 19.9 Å². The van der Waals surface area contributed by atoms with Crippen LogP contribution in [0.25, 0.3) is 0 Å². The van der Waals surface area contributed by atoms with Gasteiger partial charge in [0.15, 0.2) is 5.78 Å². The van der Waals surface area contributed by atoms with Gasteiger partial charge in [0, 0.05) is 6.42 Å². The maximum Gasteiger partial charge on any atom is 0.166 e. The molecule has 1 aromatic rings. The van der Waals surface area contributed by atoms with Crippen LogP contribution in [0.5, 0.6) is 0 Å². The molecule has 2 heteroatoms. The van der Waals surface area contributed by atoms with Gasteiger partial charge in [0.1, 0.15) is 11.5 Å². The number of hydrogen-bond acceptors (Lipinski definition) is 2. The minimum Gasteiger partial charge on any atom is -0.466 e. The van der Waals surface area contributed by atoms with E-state index in [4.69, 9.17) is 4.42 Å². The zero-order valence-electron chi connectivity index (χ0n) is 10.2. The molecule has 1 heterocycles. The molecule has 0 atom stereocenters. The predicted molar refractivity (Wildman–Crippen MR) is 63.7 cm³/mol. The Morgan fingerprint density at radius 2 is 2.00 bits per heavy atom. The second kappa shape index (κ2) is 4.86. The molecule has 1 fully saturated rings. The molecule has 1 saturated carbocycles. The summed E-state index contributed by atoms with van der Waals surface area (Å²) in [5.74, 6) is 2.49. The molecular formula is C14H20O2. The van der Waals surface area contributed by atoms with Crippen molar-refractivity contribution < 1.29 is 9.21 Å². The van der Waals surface area contributed by atoms with Gasteiger partial charge in [-0.1, -0.05) is 32.1 Å². The van der Waals surface area contributed by atoms with Crippen LogP contribution >= 0.6 is 0 Å². The highest BCUT2D eigenvalue weighted by molar-refractivity contribution is 5.97. The molecule has 0 aliphatic heterocycles. The fourth-order valence-electron chi connectivity index (χ4n) is 2.67. The molecule has 0 radical (unpaired) electrons. The van der Waals surface area contributed by atoms with Crippen molar-refractivity contribution in [3.05, 3.63) is 23.2 Å². The molecule has 0 aromatic carbocycles. The molecule has 16 heavy (non-hydrogen) atoms. The molecule has 1 aliphatic rings. The number of ketones is 1. The molecule has 1 aromatic heterocycles. The van der Waals surface area contributed by atoms with Gasteiger partial charge >= 0.3 is 0 Å². The first kappa shape index (κ1) is 11.4. The second-order valence-electron chi connectivity index (χ2n) is 4.96. The molecule has 2 nitrogen and oxygen atoms in total. The summed E-state index contributed by atoms with van der Waals surface area (Å²) < 4.78 is 5.40. The van der Waals surface area contributed by atoms with Crippen LogP contribution in [0.3, 0.4) is 0 Å². The first-order valence-corrected chi connectivity index (χ1v) is 6.27. The largest absolute Gasteiger partial charge is 0.466 e. The number of aryl methyl sites for hydroxylation is 2. The van der Waals surface area contributed by atoms with Gasteiger partial charge in [0.25, 0.3) is 0 Å². The number of carbonyl (C=O) groups excluding carboxylic acids is 1. The Kier molecular flexibility index (Phi) is 3.47. The van der Waals surface area contributed by atoms with Gasteiger partial charge < -0.3 is 4.42 Å². The highest BCUT2D eigenvalue weighted by Gasteiger charge is 2.20. The lowest BCUT2D eigenvalue weighted by molar-refractivity contribution is 0.0949. The van der Waals surface area contributed by atoms with Crippen molar-refractivity contribution in [2.75, 3.05) is 0 Å². The summed E-state index contributed by atoms with van der Waals surface area (Å²) >= 11 is 0. The zero-order valence-corrected chi connectivity index (χ0v) is 10.2. The third-order valence-corrected chi connectivity index (χ3v) is 3.54. The lowest BCUT2D eigenvalue weighted by Crippen LogP contribution is -2.12. The van der Waals surface area contributed by atoms with Gasteiger partial charge in [-0.05, 0) is 25.8 Å². The first-order valence-electron chi connectivity index (χ1n) is 6.27. The van der Waals surface area contributed by atoms with Crippen LogP contribution in [0.1, 0.15) is 60.4 Å². The van der Waals surface area contributed by atoms with E-state index in [0.29, 0.717) is 12.3 Å². The van der Waals surface area contributed by atoms with E-state index >= 15 is 0 Å². The lowest BCUT2D eigenvalue weighted by Gasteiger charge is -2.20. The fourth-order valence-corrected chi connectivity index (χ4v) is 2.67. The minimum absolute atomic E-state index is 0.265. The molecular weight excluding hydrogens is 200 g/mol. The summed E-state index contributed by atoms with van der Waals surface area (Å²) in [5, 5.41) is 0. The van der Waals surface area contributed by atoms with Crippen LogP contribution in [0.15, 0.2) is 10.5 Å². The van der Waals surface area contributed by atoms with Crippen molar-refractivity contribution in [2.24, 2.45) is 5.92 Å². The number of hydrogen-bond donors (Lipinski definition) is 0. The summed E-state index contributed by atoms with van der Waals surface area (Å²) in [4.78, 5) is 12.1. The van der Waals surface area contributed by atoms with Gasteiger partial charge in [-0.3, -0.25) is 4.79 Å². The van der Waals surface area contributed by atoms with Crippen LogP contribution in [0, 0.1) is 19.8 Å². The van der Waals surface area contributed by atoms with Crippen LogP contribution in [-0.4, -0.2) is 5.78 Å². The van der Waals surface area contributed by atoms with Gasteiger partial charge in [-0.2, -0.15) is 0 Å². The van der Waals surface area contributed by atoms with Crippen LogP contribution < -0.4 is 0 Å². The summed E-state index contributed by atoms with van der Waals surface area (Å²) in [6.45, 7) is 3.77. The third kappa shape index (κ3) is 2.55. The number of furan rings is 1. The second-order valence-corrected chi connectivity index (χ2v) is 4.96. The molecule has 0 bridgehead atoms. The van der Waals surface area contributed by atoms with Gasteiger partial charge in [-0.25, -0.2) is 0 Å². The summed E-state index contributed by atoms with van der Waals surface area (Å²) in [6, 6.07) is 1.88.